The van der Waals surface area contributed by atoms with Crippen LogP contribution in [0, 0.1) is 6.92 Å². The zero-order valence-electron chi connectivity index (χ0n) is 7.31. The molecule has 0 saturated carbocycles. The number of anilines is 1. The summed E-state index contributed by atoms with van der Waals surface area (Å²) in [4.78, 5) is 4.27. The second-order valence-electron chi connectivity index (χ2n) is 2.53. The van der Waals surface area contributed by atoms with Gasteiger partial charge in [-0.05, 0) is 25.0 Å². The summed E-state index contributed by atoms with van der Waals surface area (Å²) in [7, 11) is 1.93. The van der Waals surface area contributed by atoms with Crippen molar-refractivity contribution in [3.63, 3.8) is 0 Å². The predicted octanol–water partition coefficient (Wildman–Crippen LogP) is 1.99. The van der Waals surface area contributed by atoms with Crippen LogP contribution in [-0.4, -0.2) is 12.0 Å². The average molecular weight is 150 g/mol. The van der Waals surface area contributed by atoms with Crippen LogP contribution in [0.1, 0.15) is 18.2 Å². The van der Waals surface area contributed by atoms with Crippen LogP contribution >= 0.6 is 0 Å². The number of rotatable bonds is 2. The molecule has 1 N–H and O–H groups in total. The van der Waals surface area contributed by atoms with Crippen LogP contribution in [0.4, 0.5) is 5.69 Å². The fourth-order valence-corrected chi connectivity index (χ4v) is 1.21. The van der Waals surface area contributed by atoms with Crippen molar-refractivity contribution >= 4 is 5.69 Å². The molecule has 2 heteroatoms. The van der Waals surface area contributed by atoms with Gasteiger partial charge in [-0.1, -0.05) is 6.92 Å². The van der Waals surface area contributed by atoms with E-state index in [9.17, 15) is 0 Å². The first-order valence-corrected chi connectivity index (χ1v) is 3.91. The van der Waals surface area contributed by atoms with E-state index in [0.29, 0.717) is 0 Å². The molecule has 0 amide bonds. The molecule has 60 valence electrons. The topological polar surface area (TPSA) is 24.9 Å². The van der Waals surface area contributed by atoms with Gasteiger partial charge in [0.1, 0.15) is 0 Å². The van der Waals surface area contributed by atoms with Gasteiger partial charge in [0.25, 0.3) is 0 Å². The van der Waals surface area contributed by atoms with E-state index < -0.39 is 0 Å². The van der Waals surface area contributed by atoms with E-state index in [2.05, 4.69) is 24.1 Å². The molecule has 0 aliphatic carbocycles. The molecule has 2 nitrogen and oxygen atoms in total. The summed E-state index contributed by atoms with van der Waals surface area (Å²) < 4.78 is 0. The van der Waals surface area contributed by atoms with Crippen LogP contribution in [0.3, 0.4) is 0 Å². The van der Waals surface area contributed by atoms with Gasteiger partial charge in [0.2, 0.25) is 0 Å². The van der Waals surface area contributed by atoms with Crippen LogP contribution in [0.15, 0.2) is 12.3 Å². The highest BCUT2D eigenvalue weighted by atomic mass is 14.8. The number of nitrogens with one attached hydrogen (secondary N) is 1. The first kappa shape index (κ1) is 8.05. The number of pyridine rings is 1. The summed E-state index contributed by atoms with van der Waals surface area (Å²) in [6.07, 6.45) is 2.85. The van der Waals surface area contributed by atoms with Gasteiger partial charge in [-0.15, -0.1) is 0 Å². The lowest BCUT2D eigenvalue weighted by molar-refractivity contribution is 1.01. The second kappa shape index (κ2) is 3.37. The van der Waals surface area contributed by atoms with Gasteiger partial charge in [0.05, 0.1) is 0 Å². The van der Waals surface area contributed by atoms with E-state index in [1.54, 1.807) is 0 Å². The van der Waals surface area contributed by atoms with E-state index in [1.807, 2.05) is 19.3 Å². The van der Waals surface area contributed by atoms with Crippen LogP contribution in [0.2, 0.25) is 0 Å². The van der Waals surface area contributed by atoms with E-state index >= 15 is 0 Å². The lowest BCUT2D eigenvalue weighted by Crippen LogP contribution is -1.97. The number of hydrogen-bond donors (Lipinski definition) is 1. The minimum absolute atomic E-state index is 1.00. The van der Waals surface area contributed by atoms with Gasteiger partial charge in [0, 0.05) is 24.6 Å². The van der Waals surface area contributed by atoms with Crippen molar-refractivity contribution in [3.05, 3.63) is 23.5 Å². The van der Waals surface area contributed by atoms with Gasteiger partial charge in [-0.2, -0.15) is 0 Å². The van der Waals surface area contributed by atoms with Gasteiger partial charge in [-0.25, -0.2) is 0 Å². The Morgan fingerprint density at radius 2 is 2.27 bits per heavy atom. The summed E-state index contributed by atoms with van der Waals surface area (Å²) in [5.74, 6) is 0. The molecule has 0 aliphatic rings. The van der Waals surface area contributed by atoms with Crippen LogP contribution in [0.25, 0.3) is 0 Å². The molecule has 0 spiro atoms. The molecule has 1 aromatic rings. The number of aromatic nitrogens is 1. The molecule has 0 aromatic carbocycles. The van der Waals surface area contributed by atoms with E-state index in [0.717, 1.165) is 6.42 Å². The molecule has 0 atom stereocenters. The maximum Gasteiger partial charge on any atom is 0.0450 e. The largest absolute Gasteiger partial charge is 0.388 e. The highest BCUT2D eigenvalue weighted by Gasteiger charge is 2.00. The maximum atomic E-state index is 4.27. The molecule has 0 saturated heterocycles. The van der Waals surface area contributed by atoms with Crippen LogP contribution in [-0.2, 0) is 6.42 Å². The molecule has 11 heavy (non-hydrogen) atoms. The Kier molecular flexibility index (Phi) is 2.47. The minimum atomic E-state index is 1.00. The standard InChI is InChI=1S/C9H14N2/c1-4-8-7(2)9(10-3)5-6-11-8/h5-6H,4H2,1-3H3,(H,10,11). The zero-order valence-corrected chi connectivity index (χ0v) is 7.31. The summed E-state index contributed by atoms with van der Waals surface area (Å²) in [6, 6.07) is 1.99. The van der Waals surface area contributed by atoms with Crippen LogP contribution < -0.4 is 5.32 Å². The van der Waals surface area contributed by atoms with E-state index in [4.69, 9.17) is 0 Å². The summed E-state index contributed by atoms with van der Waals surface area (Å²) in [5.41, 5.74) is 3.62. The molecule has 1 rings (SSSR count). The average Bonchev–Trinajstić information content (AvgIpc) is 2.05. The lowest BCUT2D eigenvalue weighted by Gasteiger charge is -2.07. The van der Waals surface area contributed by atoms with Crippen molar-refractivity contribution < 1.29 is 0 Å². The third-order valence-electron chi connectivity index (χ3n) is 1.91. The number of nitrogens with zero attached hydrogens (tertiary/aromatic N) is 1. The van der Waals surface area contributed by atoms with Crippen molar-refractivity contribution in [3.8, 4) is 0 Å². The van der Waals surface area contributed by atoms with Crippen molar-refractivity contribution in [1.29, 1.82) is 0 Å². The van der Waals surface area contributed by atoms with Crippen molar-refractivity contribution in [1.82, 2.24) is 4.98 Å². The first-order chi connectivity index (χ1) is 5.29. The van der Waals surface area contributed by atoms with Gasteiger partial charge < -0.3 is 5.32 Å². The minimum Gasteiger partial charge on any atom is -0.388 e. The Bertz CT molecular complexity index is 221. The van der Waals surface area contributed by atoms with Crippen molar-refractivity contribution in [2.45, 2.75) is 20.3 Å². The summed E-state index contributed by atoms with van der Waals surface area (Å²) in [6.45, 7) is 4.21. The van der Waals surface area contributed by atoms with E-state index in [1.165, 1.54) is 16.9 Å². The Hall–Kier alpha value is -1.05. The lowest BCUT2D eigenvalue weighted by atomic mass is 10.1. The SMILES string of the molecule is CCc1nccc(NC)c1C. The van der Waals surface area contributed by atoms with Crippen molar-refractivity contribution in [2.24, 2.45) is 0 Å². The molecule has 0 aliphatic heterocycles. The molecule has 1 aromatic heterocycles. The second-order valence-corrected chi connectivity index (χ2v) is 2.53. The van der Waals surface area contributed by atoms with Gasteiger partial charge in [0.15, 0.2) is 0 Å². The molecule has 0 fully saturated rings. The van der Waals surface area contributed by atoms with Gasteiger partial charge >= 0.3 is 0 Å². The van der Waals surface area contributed by atoms with Crippen LogP contribution in [0.5, 0.6) is 0 Å². The Morgan fingerprint density at radius 3 is 2.82 bits per heavy atom. The predicted molar refractivity (Wildman–Crippen MR) is 47.9 cm³/mol. The monoisotopic (exact) mass is 150 g/mol. The fraction of sp³-hybridized carbons (Fsp3) is 0.444. The summed E-state index contributed by atoms with van der Waals surface area (Å²) >= 11 is 0. The molecule has 0 bridgehead atoms. The Morgan fingerprint density at radius 1 is 1.55 bits per heavy atom. The molecule has 0 unspecified atom stereocenters. The number of hydrogen-bond acceptors (Lipinski definition) is 2. The smallest absolute Gasteiger partial charge is 0.0450 e. The molecule has 1 heterocycles. The van der Waals surface area contributed by atoms with Gasteiger partial charge in [-0.3, -0.25) is 4.98 Å². The quantitative estimate of drug-likeness (QED) is 0.697. The normalized spacial score (nSPS) is 9.73. The fourth-order valence-electron chi connectivity index (χ4n) is 1.21. The molecular weight excluding hydrogens is 136 g/mol. The zero-order chi connectivity index (χ0) is 8.27. The summed E-state index contributed by atoms with van der Waals surface area (Å²) in [5, 5.41) is 3.13. The Labute approximate surface area is 67.7 Å². The highest BCUT2D eigenvalue weighted by molar-refractivity contribution is 5.50. The molecule has 0 radical (unpaired) electrons. The number of aryl methyl sites for hydroxylation is 1. The highest BCUT2D eigenvalue weighted by Crippen LogP contribution is 2.15. The van der Waals surface area contributed by atoms with E-state index in [-0.39, 0.29) is 0 Å². The third kappa shape index (κ3) is 1.50. The first-order valence-electron chi connectivity index (χ1n) is 3.91. The van der Waals surface area contributed by atoms with Crippen molar-refractivity contribution in [2.75, 3.05) is 12.4 Å². The third-order valence-corrected chi connectivity index (χ3v) is 1.91. The maximum absolute atomic E-state index is 4.27. The molecular formula is C9H14N2. The Balaban J connectivity index is 3.10.